The van der Waals surface area contributed by atoms with Gasteiger partial charge < -0.3 is 0 Å². The van der Waals surface area contributed by atoms with Gasteiger partial charge in [-0.15, -0.1) is 0 Å². The van der Waals surface area contributed by atoms with Gasteiger partial charge in [-0.1, -0.05) is 19.1 Å². The summed E-state index contributed by atoms with van der Waals surface area (Å²) in [5.41, 5.74) is 5.60. The van der Waals surface area contributed by atoms with Crippen LogP contribution in [0.4, 0.5) is 0 Å². The van der Waals surface area contributed by atoms with Crippen molar-refractivity contribution in [2.45, 2.75) is 27.2 Å². The lowest BCUT2D eigenvalue weighted by atomic mass is 9.95. The summed E-state index contributed by atoms with van der Waals surface area (Å²) in [4.78, 5) is 12.2. The van der Waals surface area contributed by atoms with Crippen LogP contribution in [0.1, 0.15) is 41.2 Å². The summed E-state index contributed by atoms with van der Waals surface area (Å²) in [5, 5.41) is 13.8. The number of nitriles is 1. The van der Waals surface area contributed by atoms with Crippen molar-refractivity contribution in [3.05, 3.63) is 58.9 Å². The number of carbonyl (C=O) groups is 1. The highest BCUT2D eigenvalue weighted by atomic mass is 16.1. The third-order valence-electron chi connectivity index (χ3n) is 4.05. The fourth-order valence-corrected chi connectivity index (χ4v) is 3.02. The molecule has 114 valence electrons. The van der Waals surface area contributed by atoms with Gasteiger partial charge in [0.05, 0.1) is 28.4 Å². The molecule has 0 aliphatic carbocycles. The molecule has 0 aliphatic heterocycles. The summed E-state index contributed by atoms with van der Waals surface area (Å²) in [6.07, 6.45) is 0.859. The molecular formula is C19H17N3O. The van der Waals surface area contributed by atoms with Gasteiger partial charge in [0.2, 0.25) is 0 Å². The number of hydrogen-bond acceptors (Lipinski definition) is 3. The van der Waals surface area contributed by atoms with Crippen molar-refractivity contribution in [1.82, 2.24) is 9.61 Å². The molecule has 0 fully saturated rings. The average molecular weight is 303 g/mol. The molecule has 0 spiro atoms. The molecule has 0 amide bonds. The number of carbonyl (C=O) groups excluding carboxylic acids is 1. The molecule has 0 saturated heterocycles. The Balaban J connectivity index is 2.45. The van der Waals surface area contributed by atoms with Crippen molar-refractivity contribution in [2.75, 3.05) is 0 Å². The van der Waals surface area contributed by atoms with Gasteiger partial charge in [-0.05, 0) is 50.1 Å². The highest BCUT2D eigenvalue weighted by Crippen LogP contribution is 2.32. The predicted molar refractivity (Wildman–Crippen MR) is 89.5 cm³/mol. The fourth-order valence-electron chi connectivity index (χ4n) is 3.02. The van der Waals surface area contributed by atoms with Gasteiger partial charge in [0.25, 0.3) is 0 Å². The van der Waals surface area contributed by atoms with E-state index in [4.69, 9.17) is 5.26 Å². The van der Waals surface area contributed by atoms with E-state index in [9.17, 15) is 4.79 Å². The Hall–Kier alpha value is -2.93. The second-order valence-corrected chi connectivity index (χ2v) is 5.56. The zero-order valence-corrected chi connectivity index (χ0v) is 13.4. The maximum absolute atomic E-state index is 12.2. The van der Waals surface area contributed by atoms with Crippen LogP contribution in [-0.2, 0) is 6.42 Å². The van der Waals surface area contributed by atoms with Gasteiger partial charge in [0.1, 0.15) is 0 Å². The van der Waals surface area contributed by atoms with Crippen molar-refractivity contribution in [3.63, 3.8) is 0 Å². The molecule has 3 rings (SSSR count). The lowest BCUT2D eigenvalue weighted by Crippen LogP contribution is -2.08. The number of aryl methyl sites for hydroxylation is 2. The smallest absolute Gasteiger partial charge is 0.162 e. The van der Waals surface area contributed by atoms with E-state index in [0.717, 1.165) is 28.8 Å². The minimum atomic E-state index is -0.0193. The van der Waals surface area contributed by atoms with Gasteiger partial charge in [-0.3, -0.25) is 4.79 Å². The largest absolute Gasteiger partial charge is 0.294 e. The molecule has 4 heteroatoms. The summed E-state index contributed by atoms with van der Waals surface area (Å²) in [5.74, 6) is -0.0193. The highest BCUT2D eigenvalue weighted by molar-refractivity contribution is 6.05. The molecule has 2 aromatic heterocycles. The standard InChI is InChI=1S/C19H17N3O/c1-4-16-8-9-17-19(15-7-5-6-14(10-15)11-20)18(13(3)23)12(2)21-22(16)17/h5-10H,4H2,1-3H3. The first-order valence-electron chi connectivity index (χ1n) is 7.59. The van der Waals surface area contributed by atoms with E-state index >= 15 is 0 Å². The van der Waals surface area contributed by atoms with E-state index in [2.05, 4.69) is 18.1 Å². The van der Waals surface area contributed by atoms with Crippen molar-refractivity contribution >= 4 is 11.3 Å². The van der Waals surface area contributed by atoms with E-state index < -0.39 is 0 Å². The van der Waals surface area contributed by atoms with E-state index in [0.29, 0.717) is 16.8 Å². The fraction of sp³-hybridized carbons (Fsp3) is 0.211. The summed E-state index contributed by atoms with van der Waals surface area (Å²) >= 11 is 0. The van der Waals surface area contributed by atoms with Crippen molar-refractivity contribution in [2.24, 2.45) is 0 Å². The third kappa shape index (κ3) is 2.40. The SMILES string of the molecule is CCc1ccc2c(-c3cccc(C#N)c3)c(C(C)=O)c(C)nn12. The van der Waals surface area contributed by atoms with Gasteiger partial charge in [0.15, 0.2) is 5.78 Å². The Kier molecular flexibility index (Phi) is 3.71. The zero-order chi connectivity index (χ0) is 16.6. The van der Waals surface area contributed by atoms with Crippen molar-refractivity contribution < 1.29 is 4.79 Å². The Morgan fingerprint density at radius 2 is 2.09 bits per heavy atom. The van der Waals surface area contributed by atoms with Crippen molar-refractivity contribution in [1.29, 1.82) is 5.26 Å². The van der Waals surface area contributed by atoms with Crippen LogP contribution >= 0.6 is 0 Å². The minimum absolute atomic E-state index is 0.0193. The van der Waals surface area contributed by atoms with E-state index in [1.807, 2.05) is 41.8 Å². The summed E-state index contributed by atoms with van der Waals surface area (Å²) < 4.78 is 1.90. The van der Waals surface area contributed by atoms with Crippen LogP contribution in [0.15, 0.2) is 36.4 Å². The predicted octanol–water partition coefficient (Wildman–Crippen LogP) is 3.95. The molecular weight excluding hydrogens is 286 g/mol. The number of Topliss-reactive ketones (excluding diaryl/α,β-unsaturated/α-hetero) is 1. The molecule has 3 aromatic rings. The van der Waals surface area contributed by atoms with Gasteiger partial charge in [-0.25, -0.2) is 4.52 Å². The van der Waals surface area contributed by atoms with Crippen LogP contribution in [0.25, 0.3) is 16.6 Å². The molecule has 0 saturated carbocycles. The zero-order valence-electron chi connectivity index (χ0n) is 13.4. The number of aromatic nitrogens is 2. The second-order valence-electron chi connectivity index (χ2n) is 5.56. The van der Waals surface area contributed by atoms with Crippen molar-refractivity contribution in [3.8, 4) is 17.2 Å². The molecule has 1 aromatic carbocycles. The third-order valence-corrected chi connectivity index (χ3v) is 4.05. The topological polar surface area (TPSA) is 58.2 Å². The van der Waals surface area contributed by atoms with Crippen LogP contribution in [-0.4, -0.2) is 15.4 Å². The van der Waals surface area contributed by atoms with Gasteiger partial charge >= 0.3 is 0 Å². The maximum atomic E-state index is 12.2. The van der Waals surface area contributed by atoms with Crippen LogP contribution in [0.5, 0.6) is 0 Å². The monoisotopic (exact) mass is 303 g/mol. The number of fused-ring (bicyclic) bond motifs is 1. The Morgan fingerprint density at radius 3 is 2.74 bits per heavy atom. The summed E-state index contributed by atoms with van der Waals surface area (Å²) in [6.45, 7) is 5.49. The number of nitrogens with zero attached hydrogens (tertiary/aromatic N) is 3. The number of benzene rings is 1. The number of rotatable bonds is 3. The summed E-state index contributed by atoms with van der Waals surface area (Å²) in [7, 11) is 0. The quantitative estimate of drug-likeness (QED) is 0.688. The average Bonchev–Trinajstić information content (AvgIpc) is 2.95. The highest BCUT2D eigenvalue weighted by Gasteiger charge is 2.19. The first-order chi connectivity index (χ1) is 11.1. The number of ketones is 1. The van der Waals surface area contributed by atoms with E-state index in [1.54, 1.807) is 13.0 Å². The van der Waals surface area contributed by atoms with Crippen LogP contribution < -0.4 is 0 Å². The first kappa shape index (κ1) is 15.0. The molecule has 0 atom stereocenters. The normalized spacial score (nSPS) is 10.7. The summed E-state index contributed by atoms with van der Waals surface area (Å²) in [6, 6.07) is 13.5. The molecule has 0 unspecified atom stereocenters. The van der Waals surface area contributed by atoms with Crippen LogP contribution in [0.3, 0.4) is 0 Å². The lowest BCUT2D eigenvalue weighted by Gasteiger charge is -2.14. The second kappa shape index (κ2) is 5.69. The number of hydrogen-bond donors (Lipinski definition) is 0. The lowest BCUT2D eigenvalue weighted by molar-refractivity contribution is 0.101. The van der Waals surface area contributed by atoms with Gasteiger partial charge in [0, 0.05) is 11.3 Å². The molecule has 0 aliphatic rings. The minimum Gasteiger partial charge on any atom is -0.294 e. The molecule has 0 radical (unpaired) electrons. The van der Waals surface area contributed by atoms with Crippen LogP contribution in [0, 0.1) is 18.3 Å². The van der Waals surface area contributed by atoms with E-state index in [-0.39, 0.29) is 5.78 Å². The molecule has 4 nitrogen and oxygen atoms in total. The van der Waals surface area contributed by atoms with E-state index in [1.165, 1.54) is 0 Å². The molecule has 0 N–H and O–H groups in total. The maximum Gasteiger partial charge on any atom is 0.162 e. The molecule has 2 heterocycles. The van der Waals surface area contributed by atoms with Crippen LogP contribution in [0.2, 0.25) is 0 Å². The molecule has 0 bridgehead atoms. The van der Waals surface area contributed by atoms with Gasteiger partial charge in [-0.2, -0.15) is 10.4 Å². The molecule has 23 heavy (non-hydrogen) atoms. The first-order valence-corrected chi connectivity index (χ1v) is 7.59. The Bertz CT molecular complexity index is 961. The Labute approximate surface area is 135 Å². The Morgan fingerprint density at radius 1 is 1.30 bits per heavy atom.